The molecule has 0 saturated heterocycles. The zero-order chi connectivity index (χ0) is 16.8. The number of hydrogen-bond acceptors (Lipinski definition) is 4. The molecule has 1 aliphatic carbocycles. The summed E-state index contributed by atoms with van der Waals surface area (Å²) in [5.74, 6) is -0.578. The molecule has 0 fully saturated rings. The average Bonchev–Trinajstić information content (AvgIpc) is 2.88. The predicted molar refractivity (Wildman–Crippen MR) is 89.2 cm³/mol. The maximum atomic E-state index is 12.2. The number of rotatable bonds is 1. The summed E-state index contributed by atoms with van der Waals surface area (Å²) in [4.78, 5) is 12.2. The van der Waals surface area contributed by atoms with Crippen molar-refractivity contribution in [1.29, 1.82) is 0 Å². The molecule has 1 amide bonds. The van der Waals surface area contributed by atoms with Crippen LogP contribution in [0, 0.1) is 5.92 Å². The Morgan fingerprint density at radius 3 is 2.62 bits per heavy atom. The summed E-state index contributed by atoms with van der Waals surface area (Å²) in [6, 6.07) is 11.9. The van der Waals surface area contributed by atoms with Gasteiger partial charge in [0.05, 0.1) is 12.2 Å². The number of aromatic hydroxyl groups is 1. The standard InChI is InChI=1S/C19H17NO4/c21-11-5-6-16-14(9-11)15(19(24)20-16)7-10-8-17(22)12-3-1-2-4-13(12)18(10)23/h1-7,9-10,17-18,21-23H,8H2,(H,20,24). The number of fused-ring (bicyclic) bond motifs is 2. The van der Waals surface area contributed by atoms with E-state index in [1.165, 1.54) is 12.1 Å². The fourth-order valence-corrected chi connectivity index (χ4v) is 3.54. The molecular formula is C19H17NO4. The van der Waals surface area contributed by atoms with Gasteiger partial charge >= 0.3 is 0 Å². The Bertz CT molecular complexity index is 858. The number of amides is 1. The monoisotopic (exact) mass is 323 g/mol. The lowest BCUT2D eigenvalue weighted by molar-refractivity contribution is -0.110. The highest BCUT2D eigenvalue weighted by atomic mass is 16.3. The van der Waals surface area contributed by atoms with E-state index in [-0.39, 0.29) is 17.6 Å². The van der Waals surface area contributed by atoms with Crippen LogP contribution in [-0.4, -0.2) is 21.2 Å². The Hall–Kier alpha value is -2.63. The smallest absolute Gasteiger partial charge is 0.256 e. The van der Waals surface area contributed by atoms with Crippen molar-refractivity contribution in [2.75, 3.05) is 5.32 Å². The van der Waals surface area contributed by atoms with E-state index in [0.29, 0.717) is 28.8 Å². The van der Waals surface area contributed by atoms with Crippen LogP contribution in [0.5, 0.6) is 5.75 Å². The van der Waals surface area contributed by atoms with Gasteiger partial charge in [-0.3, -0.25) is 4.79 Å². The number of phenolic OH excluding ortho intramolecular Hbond substituents is 1. The van der Waals surface area contributed by atoms with E-state index in [4.69, 9.17) is 0 Å². The zero-order valence-electron chi connectivity index (χ0n) is 12.8. The van der Waals surface area contributed by atoms with E-state index in [0.717, 1.165) is 5.56 Å². The van der Waals surface area contributed by atoms with Gasteiger partial charge in [-0.15, -0.1) is 0 Å². The van der Waals surface area contributed by atoms with E-state index in [9.17, 15) is 20.1 Å². The van der Waals surface area contributed by atoms with Crippen molar-refractivity contribution in [2.24, 2.45) is 5.92 Å². The minimum absolute atomic E-state index is 0.0747. The largest absolute Gasteiger partial charge is 0.508 e. The Kier molecular flexibility index (Phi) is 3.40. The van der Waals surface area contributed by atoms with Gasteiger partial charge in [0.2, 0.25) is 0 Å². The maximum absolute atomic E-state index is 12.2. The molecule has 3 atom stereocenters. The van der Waals surface area contributed by atoms with Gasteiger partial charge in [-0.25, -0.2) is 0 Å². The number of hydrogen-bond donors (Lipinski definition) is 4. The predicted octanol–water partition coefficient (Wildman–Crippen LogP) is 2.51. The molecule has 3 unspecified atom stereocenters. The first-order valence-electron chi connectivity index (χ1n) is 7.86. The number of aliphatic hydroxyl groups is 2. The number of carbonyl (C=O) groups is 1. The normalized spacial score (nSPS) is 26.8. The topological polar surface area (TPSA) is 89.8 Å². The minimum Gasteiger partial charge on any atom is -0.508 e. The van der Waals surface area contributed by atoms with Gasteiger partial charge in [-0.05, 0) is 35.7 Å². The molecule has 1 heterocycles. The third kappa shape index (κ3) is 2.29. The van der Waals surface area contributed by atoms with Gasteiger partial charge in [0.15, 0.2) is 0 Å². The molecule has 1 aliphatic heterocycles. The summed E-state index contributed by atoms with van der Waals surface area (Å²) in [6.07, 6.45) is 0.568. The molecule has 5 heteroatoms. The van der Waals surface area contributed by atoms with Crippen molar-refractivity contribution in [2.45, 2.75) is 18.6 Å². The molecule has 2 aliphatic rings. The second-order valence-corrected chi connectivity index (χ2v) is 6.25. The number of carbonyl (C=O) groups excluding carboxylic acids is 1. The van der Waals surface area contributed by atoms with E-state index in [2.05, 4.69) is 5.32 Å². The van der Waals surface area contributed by atoms with Gasteiger partial charge < -0.3 is 20.6 Å². The summed E-state index contributed by atoms with van der Waals surface area (Å²) >= 11 is 0. The van der Waals surface area contributed by atoms with Gasteiger partial charge in [0.25, 0.3) is 5.91 Å². The molecule has 2 aromatic rings. The van der Waals surface area contributed by atoms with Crippen LogP contribution in [0.15, 0.2) is 48.5 Å². The second kappa shape index (κ2) is 5.47. The van der Waals surface area contributed by atoms with Crippen molar-refractivity contribution in [1.82, 2.24) is 0 Å². The SMILES string of the molecule is O=C1Nc2ccc(O)cc2C1=CC1CC(O)c2ccccc2C1O. The molecule has 0 bridgehead atoms. The number of anilines is 1. The molecule has 0 saturated carbocycles. The van der Waals surface area contributed by atoms with Gasteiger partial charge in [-0.1, -0.05) is 30.3 Å². The molecule has 5 nitrogen and oxygen atoms in total. The van der Waals surface area contributed by atoms with Crippen LogP contribution in [0.25, 0.3) is 5.57 Å². The van der Waals surface area contributed by atoms with Crippen LogP contribution < -0.4 is 5.32 Å². The Labute approximate surface area is 138 Å². The van der Waals surface area contributed by atoms with Crippen LogP contribution in [0.2, 0.25) is 0 Å². The van der Waals surface area contributed by atoms with Crippen molar-refractivity contribution in [3.63, 3.8) is 0 Å². The molecule has 2 aromatic carbocycles. The molecule has 0 aromatic heterocycles. The third-order valence-corrected chi connectivity index (χ3v) is 4.74. The first kappa shape index (κ1) is 14.9. The zero-order valence-corrected chi connectivity index (χ0v) is 12.8. The van der Waals surface area contributed by atoms with Crippen LogP contribution in [0.3, 0.4) is 0 Å². The van der Waals surface area contributed by atoms with Crippen molar-refractivity contribution >= 4 is 17.2 Å². The molecule has 122 valence electrons. The van der Waals surface area contributed by atoms with Crippen LogP contribution in [0.1, 0.15) is 35.3 Å². The molecular weight excluding hydrogens is 306 g/mol. The Balaban J connectivity index is 1.75. The van der Waals surface area contributed by atoms with Crippen LogP contribution >= 0.6 is 0 Å². The first-order chi connectivity index (χ1) is 11.5. The fraction of sp³-hybridized carbons (Fsp3) is 0.211. The minimum atomic E-state index is -0.786. The van der Waals surface area contributed by atoms with E-state index >= 15 is 0 Å². The summed E-state index contributed by atoms with van der Waals surface area (Å²) in [6.45, 7) is 0. The van der Waals surface area contributed by atoms with Gasteiger partial charge in [0.1, 0.15) is 5.75 Å². The van der Waals surface area contributed by atoms with Crippen LogP contribution in [0.4, 0.5) is 5.69 Å². The Morgan fingerprint density at radius 1 is 1.08 bits per heavy atom. The quantitative estimate of drug-likeness (QED) is 0.479. The highest BCUT2D eigenvalue weighted by molar-refractivity contribution is 6.31. The lowest BCUT2D eigenvalue weighted by atomic mass is 9.78. The van der Waals surface area contributed by atoms with E-state index in [1.807, 2.05) is 18.2 Å². The highest BCUT2D eigenvalue weighted by Gasteiger charge is 2.34. The third-order valence-electron chi connectivity index (χ3n) is 4.74. The lowest BCUT2D eigenvalue weighted by Gasteiger charge is -2.31. The van der Waals surface area contributed by atoms with Crippen LogP contribution in [-0.2, 0) is 4.79 Å². The van der Waals surface area contributed by atoms with Crippen molar-refractivity contribution in [3.05, 3.63) is 65.2 Å². The fourth-order valence-electron chi connectivity index (χ4n) is 3.54. The number of nitrogens with one attached hydrogen (secondary N) is 1. The van der Waals surface area contributed by atoms with Crippen molar-refractivity contribution in [3.8, 4) is 5.75 Å². The lowest BCUT2D eigenvalue weighted by Crippen LogP contribution is -2.23. The summed E-state index contributed by atoms with van der Waals surface area (Å²) in [5, 5.41) is 33.4. The average molecular weight is 323 g/mol. The highest BCUT2D eigenvalue weighted by Crippen LogP contribution is 2.43. The van der Waals surface area contributed by atoms with Gasteiger partial charge in [0, 0.05) is 22.7 Å². The van der Waals surface area contributed by atoms with E-state index < -0.39 is 12.2 Å². The number of benzene rings is 2. The second-order valence-electron chi connectivity index (χ2n) is 6.25. The summed E-state index contributed by atoms with van der Waals surface area (Å²) in [5.41, 5.74) is 3.08. The van der Waals surface area contributed by atoms with E-state index in [1.54, 1.807) is 18.2 Å². The van der Waals surface area contributed by atoms with Gasteiger partial charge in [-0.2, -0.15) is 0 Å². The molecule has 4 N–H and O–H groups in total. The summed E-state index contributed by atoms with van der Waals surface area (Å²) < 4.78 is 0. The number of aliphatic hydroxyl groups excluding tert-OH is 2. The van der Waals surface area contributed by atoms with Crippen molar-refractivity contribution < 1.29 is 20.1 Å². The first-order valence-corrected chi connectivity index (χ1v) is 7.86. The molecule has 0 radical (unpaired) electrons. The maximum Gasteiger partial charge on any atom is 0.256 e. The number of phenols is 1. The summed E-state index contributed by atoms with van der Waals surface area (Å²) in [7, 11) is 0. The Morgan fingerprint density at radius 2 is 1.83 bits per heavy atom. The molecule has 4 rings (SSSR count). The molecule has 24 heavy (non-hydrogen) atoms. The molecule has 0 spiro atoms.